The van der Waals surface area contributed by atoms with E-state index < -0.39 is 0 Å². The summed E-state index contributed by atoms with van der Waals surface area (Å²) < 4.78 is 5.33. The first-order valence-corrected chi connectivity index (χ1v) is 8.98. The van der Waals surface area contributed by atoms with Crippen molar-refractivity contribution in [3.05, 3.63) is 94.5 Å². The van der Waals surface area contributed by atoms with E-state index >= 15 is 0 Å². The van der Waals surface area contributed by atoms with E-state index in [4.69, 9.17) is 16.3 Å². The molecule has 0 bridgehead atoms. The number of carbonyl (C=O) groups is 1. The molecule has 0 unspecified atom stereocenters. The normalized spacial score (nSPS) is 10.5. The zero-order valence-corrected chi connectivity index (χ0v) is 16.0. The van der Waals surface area contributed by atoms with E-state index in [1.165, 1.54) is 0 Å². The smallest absolute Gasteiger partial charge is 0.320 e. The summed E-state index contributed by atoms with van der Waals surface area (Å²) >= 11 is 6.14. The second-order valence-corrected chi connectivity index (χ2v) is 6.56. The minimum atomic E-state index is -0.326. The van der Waals surface area contributed by atoms with Crippen molar-refractivity contribution in [3.8, 4) is 5.75 Å². The third-order valence-electron chi connectivity index (χ3n) is 4.27. The molecule has 0 aliphatic carbocycles. The fourth-order valence-corrected chi connectivity index (χ4v) is 3.02. The molecule has 0 aliphatic heterocycles. The van der Waals surface area contributed by atoms with Crippen LogP contribution in [0.4, 0.5) is 10.5 Å². The number of hydrogen-bond acceptors (Lipinski definition) is 2. The summed E-state index contributed by atoms with van der Waals surface area (Å²) in [5.41, 5.74) is 3.42. The molecule has 0 aliphatic rings. The van der Waals surface area contributed by atoms with E-state index in [9.17, 15) is 4.79 Å². The van der Waals surface area contributed by atoms with Gasteiger partial charge in [0.1, 0.15) is 5.75 Å². The zero-order chi connectivity index (χ0) is 19.2. The summed E-state index contributed by atoms with van der Waals surface area (Å²) in [5.74, 6) is 0.511. The number of aryl methyl sites for hydroxylation is 1. The van der Waals surface area contributed by atoms with Crippen molar-refractivity contribution >= 4 is 23.3 Å². The molecule has 3 aromatic carbocycles. The van der Waals surface area contributed by atoms with Crippen molar-refractivity contribution in [1.82, 2.24) is 5.32 Å². The summed E-state index contributed by atoms with van der Waals surface area (Å²) in [6, 6.07) is 22.6. The molecule has 3 rings (SSSR count). The Kier molecular flexibility index (Phi) is 5.99. The number of hydrogen-bond donors (Lipinski definition) is 2. The molecule has 0 saturated heterocycles. The van der Waals surface area contributed by atoms with E-state index in [0.717, 1.165) is 16.7 Å². The molecule has 2 N–H and O–H groups in total. The summed E-state index contributed by atoms with van der Waals surface area (Å²) in [6.07, 6.45) is 0. The number of amides is 2. The number of benzene rings is 3. The van der Waals surface area contributed by atoms with Gasteiger partial charge in [-0.1, -0.05) is 72.3 Å². The predicted molar refractivity (Wildman–Crippen MR) is 110 cm³/mol. The van der Waals surface area contributed by atoms with Crippen LogP contribution in [0.15, 0.2) is 72.8 Å². The van der Waals surface area contributed by atoms with Gasteiger partial charge in [0.15, 0.2) is 0 Å². The Balaban J connectivity index is 1.85. The van der Waals surface area contributed by atoms with Gasteiger partial charge in [0.2, 0.25) is 0 Å². The minimum absolute atomic E-state index is 0.271. The van der Waals surface area contributed by atoms with Crippen molar-refractivity contribution in [1.29, 1.82) is 0 Å². The Bertz CT molecular complexity index is 875. The second-order valence-electron chi connectivity index (χ2n) is 6.15. The van der Waals surface area contributed by atoms with Crippen LogP contribution in [0.5, 0.6) is 5.75 Å². The van der Waals surface area contributed by atoms with E-state index in [1.54, 1.807) is 19.2 Å². The number of carbonyl (C=O) groups excluding carboxylic acids is 1. The number of nitrogens with one attached hydrogen (secondary N) is 2. The molecule has 27 heavy (non-hydrogen) atoms. The Morgan fingerprint density at radius 1 is 0.963 bits per heavy atom. The standard InChI is InChI=1S/C22H21ClN2O2/c1-15-13-19(20(27-2)14-18(15)23)24-22(26)25-21(16-9-5-3-6-10-16)17-11-7-4-8-12-17/h3-14,21H,1-2H3,(H2,24,25,26). The molecule has 0 saturated carbocycles. The summed E-state index contributed by atoms with van der Waals surface area (Å²) in [7, 11) is 1.54. The number of rotatable bonds is 5. The monoisotopic (exact) mass is 380 g/mol. The molecule has 2 amide bonds. The maximum Gasteiger partial charge on any atom is 0.320 e. The fraction of sp³-hybridized carbons (Fsp3) is 0.136. The topological polar surface area (TPSA) is 50.4 Å². The van der Waals surface area contributed by atoms with Crippen molar-refractivity contribution in [2.45, 2.75) is 13.0 Å². The molecule has 138 valence electrons. The van der Waals surface area contributed by atoms with Gasteiger partial charge >= 0.3 is 6.03 Å². The van der Waals surface area contributed by atoms with Crippen molar-refractivity contribution in [3.63, 3.8) is 0 Å². The van der Waals surface area contributed by atoms with Crippen LogP contribution in [0.25, 0.3) is 0 Å². The van der Waals surface area contributed by atoms with Crippen molar-refractivity contribution in [2.75, 3.05) is 12.4 Å². The van der Waals surface area contributed by atoms with Gasteiger partial charge in [0.25, 0.3) is 0 Å². The van der Waals surface area contributed by atoms with Gasteiger partial charge in [-0.3, -0.25) is 0 Å². The average molecular weight is 381 g/mol. The fourth-order valence-electron chi connectivity index (χ4n) is 2.87. The Morgan fingerprint density at radius 2 is 1.52 bits per heavy atom. The largest absolute Gasteiger partial charge is 0.495 e. The highest BCUT2D eigenvalue weighted by molar-refractivity contribution is 6.31. The lowest BCUT2D eigenvalue weighted by Gasteiger charge is -2.21. The average Bonchev–Trinajstić information content (AvgIpc) is 2.70. The number of anilines is 1. The lowest BCUT2D eigenvalue weighted by Crippen LogP contribution is -2.33. The first-order valence-electron chi connectivity index (χ1n) is 8.60. The zero-order valence-electron chi connectivity index (χ0n) is 15.2. The van der Waals surface area contributed by atoms with Crippen LogP contribution in [0, 0.1) is 6.92 Å². The van der Waals surface area contributed by atoms with E-state index in [0.29, 0.717) is 16.5 Å². The Hall–Kier alpha value is -2.98. The second kappa shape index (κ2) is 8.60. The molecule has 0 heterocycles. The SMILES string of the molecule is COc1cc(Cl)c(C)cc1NC(=O)NC(c1ccccc1)c1ccccc1. The summed E-state index contributed by atoms with van der Waals surface area (Å²) in [4.78, 5) is 12.7. The molecule has 0 radical (unpaired) electrons. The first-order chi connectivity index (χ1) is 13.1. The van der Waals surface area contributed by atoms with Gasteiger partial charge in [-0.25, -0.2) is 4.79 Å². The first kappa shape index (κ1) is 18.8. The molecule has 5 heteroatoms. The molecule has 0 aromatic heterocycles. The van der Waals surface area contributed by atoms with Crippen LogP contribution < -0.4 is 15.4 Å². The summed E-state index contributed by atoms with van der Waals surface area (Å²) in [6.45, 7) is 1.88. The molecule has 3 aromatic rings. The highest BCUT2D eigenvalue weighted by atomic mass is 35.5. The molecule has 0 fully saturated rings. The lowest BCUT2D eigenvalue weighted by molar-refractivity contribution is 0.250. The van der Waals surface area contributed by atoms with Gasteiger partial charge in [-0.2, -0.15) is 0 Å². The number of halogens is 1. The van der Waals surface area contributed by atoms with Crippen LogP contribution in [0.2, 0.25) is 5.02 Å². The highest BCUT2D eigenvalue weighted by Gasteiger charge is 2.18. The number of methoxy groups -OCH3 is 1. The number of ether oxygens (including phenoxy) is 1. The van der Waals surface area contributed by atoms with Crippen LogP contribution in [-0.2, 0) is 0 Å². The van der Waals surface area contributed by atoms with Crippen molar-refractivity contribution in [2.24, 2.45) is 0 Å². The van der Waals surface area contributed by atoms with Gasteiger partial charge in [0.05, 0.1) is 18.8 Å². The van der Waals surface area contributed by atoms with Gasteiger partial charge in [-0.15, -0.1) is 0 Å². The van der Waals surface area contributed by atoms with Gasteiger partial charge < -0.3 is 15.4 Å². The molecule has 0 atom stereocenters. The summed E-state index contributed by atoms with van der Waals surface area (Å²) in [5, 5.41) is 6.50. The quantitative estimate of drug-likeness (QED) is 0.608. The molecule has 0 spiro atoms. The Morgan fingerprint density at radius 3 is 2.04 bits per heavy atom. The minimum Gasteiger partial charge on any atom is -0.495 e. The lowest BCUT2D eigenvalue weighted by atomic mass is 9.99. The van der Waals surface area contributed by atoms with Crippen molar-refractivity contribution < 1.29 is 9.53 Å². The van der Waals surface area contributed by atoms with Crippen LogP contribution in [0.3, 0.4) is 0 Å². The van der Waals surface area contributed by atoms with Gasteiger partial charge in [-0.05, 0) is 29.7 Å². The number of urea groups is 1. The predicted octanol–water partition coefficient (Wildman–Crippen LogP) is 5.57. The van der Waals surface area contributed by atoms with E-state index in [1.807, 2.05) is 67.6 Å². The van der Waals surface area contributed by atoms with Crippen LogP contribution in [0.1, 0.15) is 22.7 Å². The molecule has 4 nitrogen and oxygen atoms in total. The maximum absolute atomic E-state index is 12.7. The van der Waals surface area contributed by atoms with Crippen LogP contribution >= 0.6 is 11.6 Å². The molecular formula is C22H21ClN2O2. The van der Waals surface area contributed by atoms with Gasteiger partial charge in [0, 0.05) is 11.1 Å². The van der Waals surface area contributed by atoms with Crippen LogP contribution in [-0.4, -0.2) is 13.1 Å². The van der Waals surface area contributed by atoms with E-state index in [-0.39, 0.29) is 12.1 Å². The maximum atomic E-state index is 12.7. The van der Waals surface area contributed by atoms with E-state index in [2.05, 4.69) is 10.6 Å². The third kappa shape index (κ3) is 4.60. The third-order valence-corrected chi connectivity index (χ3v) is 4.68. The Labute approximate surface area is 164 Å². The molecular weight excluding hydrogens is 360 g/mol. The highest BCUT2D eigenvalue weighted by Crippen LogP contribution is 2.31.